The van der Waals surface area contributed by atoms with E-state index in [0.29, 0.717) is 18.8 Å². The zero-order valence-electron chi connectivity index (χ0n) is 10.5. The summed E-state index contributed by atoms with van der Waals surface area (Å²) in [7, 11) is -3.21. The predicted octanol–water partition coefficient (Wildman–Crippen LogP) is 1.81. The van der Waals surface area contributed by atoms with Gasteiger partial charge in [-0.05, 0) is 36.5 Å². The van der Waals surface area contributed by atoms with E-state index in [0.717, 1.165) is 12.0 Å². The van der Waals surface area contributed by atoms with Crippen LogP contribution in [0, 0.1) is 5.92 Å². The molecule has 0 aromatic carbocycles. The lowest BCUT2D eigenvalue weighted by Crippen LogP contribution is -2.31. The number of alkyl halides is 1. The van der Waals surface area contributed by atoms with Crippen LogP contribution in [0.5, 0.6) is 0 Å². The first-order valence-corrected chi connectivity index (χ1v) is 8.14. The van der Waals surface area contributed by atoms with E-state index in [1.165, 1.54) is 0 Å². The van der Waals surface area contributed by atoms with Crippen LogP contribution in [0.4, 0.5) is 0 Å². The maximum atomic E-state index is 11.8. The van der Waals surface area contributed by atoms with Crippen molar-refractivity contribution in [2.24, 2.45) is 5.92 Å². The Kier molecular flexibility index (Phi) is 6.60. The van der Waals surface area contributed by atoms with Crippen molar-refractivity contribution in [2.75, 3.05) is 18.2 Å². The van der Waals surface area contributed by atoms with E-state index in [2.05, 4.69) is 9.71 Å². The Labute approximate surface area is 114 Å². The number of nitrogens with zero attached hydrogens (tertiary/aromatic N) is 1. The van der Waals surface area contributed by atoms with Crippen molar-refractivity contribution in [2.45, 2.75) is 19.8 Å². The molecule has 0 spiro atoms. The van der Waals surface area contributed by atoms with Gasteiger partial charge in [0.15, 0.2) is 0 Å². The van der Waals surface area contributed by atoms with Gasteiger partial charge in [-0.3, -0.25) is 4.98 Å². The standard InChI is InChI=1S/C12H19ClN2O2S/c1-11(2-6-13)10-15-18(16,17)9-5-12-3-7-14-8-4-12/h3-4,7-8,11,15H,2,5-6,9-10H2,1H3. The van der Waals surface area contributed by atoms with Gasteiger partial charge < -0.3 is 0 Å². The number of rotatable bonds is 8. The zero-order valence-corrected chi connectivity index (χ0v) is 12.0. The number of pyridine rings is 1. The van der Waals surface area contributed by atoms with Gasteiger partial charge in [-0.2, -0.15) is 0 Å². The molecule has 1 atom stereocenters. The molecule has 1 aromatic heterocycles. The number of hydrogen-bond donors (Lipinski definition) is 1. The summed E-state index contributed by atoms with van der Waals surface area (Å²) in [6.45, 7) is 2.43. The molecule has 6 heteroatoms. The summed E-state index contributed by atoms with van der Waals surface area (Å²) < 4.78 is 26.1. The highest BCUT2D eigenvalue weighted by atomic mass is 35.5. The number of aryl methyl sites for hydroxylation is 1. The molecule has 1 N–H and O–H groups in total. The van der Waals surface area contributed by atoms with Gasteiger partial charge in [0.2, 0.25) is 10.0 Å². The molecule has 0 amide bonds. The van der Waals surface area contributed by atoms with Crippen molar-refractivity contribution in [1.82, 2.24) is 9.71 Å². The van der Waals surface area contributed by atoms with E-state index in [4.69, 9.17) is 11.6 Å². The van der Waals surface area contributed by atoms with Gasteiger partial charge in [-0.1, -0.05) is 6.92 Å². The third-order valence-corrected chi connectivity index (χ3v) is 4.23. The van der Waals surface area contributed by atoms with E-state index < -0.39 is 10.0 Å². The molecule has 0 aliphatic carbocycles. The number of nitrogens with one attached hydrogen (secondary N) is 1. The average Bonchev–Trinajstić information content (AvgIpc) is 2.36. The Balaban J connectivity index is 2.36. The van der Waals surface area contributed by atoms with E-state index in [-0.39, 0.29) is 11.7 Å². The van der Waals surface area contributed by atoms with Crippen molar-refractivity contribution in [3.05, 3.63) is 30.1 Å². The van der Waals surface area contributed by atoms with Gasteiger partial charge in [0.05, 0.1) is 5.75 Å². The van der Waals surface area contributed by atoms with Gasteiger partial charge in [0.25, 0.3) is 0 Å². The van der Waals surface area contributed by atoms with Crippen LogP contribution in [0.3, 0.4) is 0 Å². The Hall–Kier alpha value is -0.650. The highest BCUT2D eigenvalue weighted by Crippen LogP contribution is 2.03. The third-order valence-electron chi connectivity index (χ3n) is 2.66. The van der Waals surface area contributed by atoms with Crippen LogP contribution in [0.15, 0.2) is 24.5 Å². The van der Waals surface area contributed by atoms with Crippen LogP contribution in [-0.2, 0) is 16.4 Å². The highest BCUT2D eigenvalue weighted by molar-refractivity contribution is 7.89. The molecule has 1 aromatic rings. The third kappa shape index (κ3) is 6.33. The first-order valence-electron chi connectivity index (χ1n) is 5.95. The van der Waals surface area contributed by atoms with Gasteiger partial charge in [0.1, 0.15) is 0 Å². The smallest absolute Gasteiger partial charge is 0.211 e. The summed E-state index contributed by atoms with van der Waals surface area (Å²) in [6.07, 6.45) is 4.64. The lowest BCUT2D eigenvalue weighted by molar-refractivity contribution is 0.530. The Morgan fingerprint density at radius 1 is 1.39 bits per heavy atom. The van der Waals surface area contributed by atoms with Crippen molar-refractivity contribution in [1.29, 1.82) is 0 Å². The van der Waals surface area contributed by atoms with Crippen LogP contribution in [0.1, 0.15) is 18.9 Å². The number of hydrogen-bond acceptors (Lipinski definition) is 3. The number of sulfonamides is 1. The van der Waals surface area contributed by atoms with E-state index in [1.54, 1.807) is 12.4 Å². The van der Waals surface area contributed by atoms with Crippen LogP contribution < -0.4 is 4.72 Å². The summed E-state index contributed by atoms with van der Waals surface area (Å²) in [5.41, 5.74) is 0.976. The molecule has 102 valence electrons. The second kappa shape index (κ2) is 7.71. The average molecular weight is 291 g/mol. The highest BCUT2D eigenvalue weighted by Gasteiger charge is 2.12. The van der Waals surface area contributed by atoms with Gasteiger partial charge in [-0.25, -0.2) is 13.1 Å². The lowest BCUT2D eigenvalue weighted by atomic mass is 10.1. The molecule has 0 aliphatic heterocycles. The summed E-state index contributed by atoms with van der Waals surface area (Å²) in [5.74, 6) is 0.919. The molecule has 0 bridgehead atoms. The summed E-state index contributed by atoms with van der Waals surface area (Å²) in [6, 6.07) is 3.65. The molecule has 1 unspecified atom stereocenters. The van der Waals surface area contributed by atoms with Crippen LogP contribution in [-0.4, -0.2) is 31.6 Å². The fraction of sp³-hybridized carbons (Fsp3) is 0.583. The Morgan fingerprint density at radius 3 is 2.67 bits per heavy atom. The molecular weight excluding hydrogens is 272 g/mol. The quantitative estimate of drug-likeness (QED) is 0.743. The molecule has 0 fully saturated rings. The normalized spacial score (nSPS) is 13.4. The fourth-order valence-corrected chi connectivity index (χ4v) is 2.99. The molecule has 1 heterocycles. The summed E-state index contributed by atoms with van der Waals surface area (Å²) in [4.78, 5) is 3.89. The van der Waals surface area contributed by atoms with Gasteiger partial charge in [0, 0.05) is 24.8 Å². The Bertz CT molecular complexity index is 437. The van der Waals surface area contributed by atoms with Gasteiger partial charge in [-0.15, -0.1) is 11.6 Å². The molecule has 1 rings (SSSR count). The van der Waals surface area contributed by atoms with Gasteiger partial charge >= 0.3 is 0 Å². The van der Waals surface area contributed by atoms with E-state index in [1.807, 2.05) is 19.1 Å². The molecular formula is C12H19ClN2O2S. The SMILES string of the molecule is CC(CCCl)CNS(=O)(=O)CCc1ccncc1. The topological polar surface area (TPSA) is 59.1 Å². The van der Waals surface area contributed by atoms with Crippen molar-refractivity contribution < 1.29 is 8.42 Å². The maximum absolute atomic E-state index is 11.8. The second-order valence-electron chi connectivity index (χ2n) is 4.36. The molecule has 4 nitrogen and oxygen atoms in total. The zero-order chi connectivity index (χ0) is 13.4. The minimum absolute atomic E-state index is 0.102. The van der Waals surface area contributed by atoms with Crippen LogP contribution in [0.25, 0.3) is 0 Å². The second-order valence-corrected chi connectivity index (χ2v) is 6.66. The van der Waals surface area contributed by atoms with Crippen LogP contribution >= 0.6 is 11.6 Å². The fourth-order valence-electron chi connectivity index (χ4n) is 1.43. The molecule has 0 saturated carbocycles. The monoisotopic (exact) mass is 290 g/mol. The lowest BCUT2D eigenvalue weighted by Gasteiger charge is -2.11. The molecule has 0 saturated heterocycles. The van der Waals surface area contributed by atoms with Crippen molar-refractivity contribution >= 4 is 21.6 Å². The minimum Gasteiger partial charge on any atom is -0.265 e. The van der Waals surface area contributed by atoms with Crippen molar-refractivity contribution in [3.8, 4) is 0 Å². The summed E-state index contributed by atoms with van der Waals surface area (Å²) in [5, 5.41) is 0. The molecule has 18 heavy (non-hydrogen) atoms. The van der Waals surface area contributed by atoms with Crippen LogP contribution in [0.2, 0.25) is 0 Å². The largest absolute Gasteiger partial charge is 0.265 e. The Morgan fingerprint density at radius 2 is 2.06 bits per heavy atom. The molecule has 0 aliphatic rings. The maximum Gasteiger partial charge on any atom is 0.211 e. The molecule has 0 radical (unpaired) electrons. The first-order chi connectivity index (χ1) is 8.53. The predicted molar refractivity (Wildman–Crippen MR) is 74.2 cm³/mol. The summed E-state index contributed by atoms with van der Waals surface area (Å²) >= 11 is 5.60. The van der Waals surface area contributed by atoms with E-state index in [9.17, 15) is 8.42 Å². The van der Waals surface area contributed by atoms with E-state index >= 15 is 0 Å². The minimum atomic E-state index is -3.21. The number of halogens is 1. The first kappa shape index (κ1) is 15.4. The number of aromatic nitrogens is 1. The van der Waals surface area contributed by atoms with Crippen molar-refractivity contribution in [3.63, 3.8) is 0 Å².